The number of carbonyl (C=O) groups excluding carboxylic acids is 1. The lowest BCUT2D eigenvalue weighted by molar-refractivity contribution is -0.274. The maximum atomic E-state index is 14.4. The van der Waals surface area contributed by atoms with Crippen molar-refractivity contribution in [3.63, 3.8) is 0 Å². The molecule has 1 aromatic heterocycles. The first kappa shape index (κ1) is 26.4. The van der Waals surface area contributed by atoms with Crippen molar-refractivity contribution in [2.45, 2.75) is 24.6 Å². The third kappa shape index (κ3) is 4.40. The van der Waals surface area contributed by atoms with Crippen molar-refractivity contribution in [3.8, 4) is 11.1 Å². The van der Waals surface area contributed by atoms with E-state index in [1.54, 1.807) is 0 Å². The van der Waals surface area contributed by atoms with Crippen LogP contribution in [-0.4, -0.2) is 28.9 Å². The van der Waals surface area contributed by atoms with Crippen LogP contribution in [0.15, 0.2) is 63.8 Å². The van der Waals surface area contributed by atoms with Gasteiger partial charge in [0.25, 0.3) is 0 Å². The molecule has 0 aliphatic carbocycles. The van der Waals surface area contributed by atoms with E-state index in [2.05, 4.69) is 4.74 Å². The average Bonchev–Trinajstić information content (AvgIpc) is 3.14. The van der Waals surface area contributed by atoms with E-state index in [0.29, 0.717) is 11.1 Å². The first-order chi connectivity index (χ1) is 17.3. The number of aryl methyl sites for hydroxylation is 1. The van der Waals surface area contributed by atoms with Gasteiger partial charge >= 0.3 is 17.9 Å². The van der Waals surface area contributed by atoms with Crippen LogP contribution in [0, 0.1) is 5.82 Å². The number of carbonyl (C=O) groups is 1. The van der Waals surface area contributed by atoms with Gasteiger partial charge in [0.15, 0.2) is 11.2 Å². The minimum Gasteiger partial charge on any atom is -0.465 e. The van der Waals surface area contributed by atoms with Crippen LogP contribution in [0.25, 0.3) is 22.2 Å². The van der Waals surface area contributed by atoms with Crippen LogP contribution < -0.4 is 5.76 Å². The van der Waals surface area contributed by atoms with Crippen molar-refractivity contribution in [1.82, 2.24) is 4.57 Å². The van der Waals surface area contributed by atoms with Crippen molar-refractivity contribution < 1.29 is 36.6 Å². The molecular weight excluding hydrogens is 518 g/mol. The molecule has 2 atom stereocenters. The summed E-state index contributed by atoms with van der Waals surface area (Å²) in [5.74, 6) is -4.04. The molecule has 2 unspecified atom stereocenters. The van der Waals surface area contributed by atoms with E-state index in [4.69, 9.17) is 16.0 Å². The molecule has 37 heavy (non-hydrogen) atoms. The molecule has 0 aliphatic heterocycles. The smallest absolute Gasteiger partial charge is 0.422 e. The molecule has 4 aromatic rings. The van der Waals surface area contributed by atoms with Gasteiger partial charge in [-0.25, -0.2) is 14.0 Å². The number of alkyl halides is 3. The van der Waals surface area contributed by atoms with E-state index < -0.39 is 40.8 Å². The Morgan fingerprint density at radius 3 is 2.32 bits per heavy atom. The van der Waals surface area contributed by atoms with E-state index in [-0.39, 0.29) is 27.2 Å². The van der Waals surface area contributed by atoms with Crippen molar-refractivity contribution in [3.05, 3.63) is 92.7 Å². The van der Waals surface area contributed by atoms with Gasteiger partial charge in [-0.1, -0.05) is 42.8 Å². The number of methoxy groups -OCH3 is 1. The summed E-state index contributed by atoms with van der Waals surface area (Å²) in [7, 11) is 2.45. The summed E-state index contributed by atoms with van der Waals surface area (Å²) in [6.45, 7) is 1.18. The number of fused-ring (bicyclic) bond motifs is 1. The number of hydrogen-bond acceptors (Lipinski definition) is 5. The molecule has 194 valence electrons. The Labute approximate surface area is 212 Å². The van der Waals surface area contributed by atoms with Crippen molar-refractivity contribution in [2.24, 2.45) is 7.05 Å². The molecule has 4 rings (SSSR count). The summed E-state index contributed by atoms with van der Waals surface area (Å²) in [6.07, 6.45) is -5.13. The second kappa shape index (κ2) is 9.35. The molecule has 0 saturated heterocycles. The number of esters is 1. The van der Waals surface area contributed by atoms with Crippen molar-refractivity contribution >= 4 is 28.7 Å². The molecule has 0 spiro atoms. The lowest BCUT2D eigenvalue weighted by atomic mass is 9.77. The zero-order valence-corrected chi connectivity index (χ0v) is 20.4. The lowest BCUT2D eigenvalue weighted by Gasteiger charge is -2.37. The zero-order chi connectivity index (χ0) is 27.3. The highest BCUT2D eigenvalue weighted by atomic mass is 35.5. The van der Waals surface area contributed by atoms with Gasteiger partial charge in [-0.3, -0.25) is 4.57 Å². The number of ether oxygens (including phenoxy) is 1. The molecule has 1 heterocycles. The predicted octanol–water partition coefficient (Wildman–Crippen LogP) is 5.93. The molecule has 0 fully saturated rings. The Bertz CT molecular complexity index is 1580. The average molecular weight is 538 g/mol. The molecule has 0 saturated carbocycles. The molecule has 3 aromatic carbocycles. The zero-order valence-electron chi connectivity index (χ0n) is 19.7. The van der Waals surface area contributed by atoms with Crippen LogP contribution in [0.2, 0.25) is 5.02 Å². The van der Waals surface area contributed by atoms with E-state index in [1.165, 1.54) is 50.4 Å². The predicted molar refractivity (Wildman–Crippen MR) is 128 cm³/mol. The fourth-order valence-electron chi connectivity index (χ4n) is 4.28. The minimum atomic E-state index is -5.13. The van der Waals surface area contributed by atoms with Gasteiger partial charge in [0.05, 0.1) is 18.2 Å². The Morgan fingerprint density at radius 2 is 1.73 bits per heavy atom. The van der Waals surface area contributed by atoms with Crippen molar-refractivity contribution in [1.29, 1.82) is 0 Å². The quantitative estimate of drug-likeness (QED) is 0.252. The standard InChI is InChI=1S/C26H20ClF4NO5/c1-13(25(35,26(29,30)31)16-6-9-22-21(12-16)32(2)24(34)37-22)17-7-4-14(10-19(17)27)15-5-8-18(20(28)11-15)23(33)36-3/h4-13,35H,1-3H3. The summed E-state index contributed by atoms with van der Waals surface area (Å²) < 4.78 is 68.2. The maximum Gasteiger partial charge on any atom is 0.422 e. The van der Waals surface area contributed by atoms with Crippen LogP contribution in [0.1, 0.15) is 34.3 Å². The number of aromatic nitrogens is 1. The summed E-state index contributed by atoms with van der Waals surface area (Å²) in [5.41, 5.74) is -3.32. The Hall–Kier alpha value is -3.63. The Kier molecular flexibility index (Phi) is 6.68. The number of benzene rings is 3. The highest BCUT2D eigenvalue weighted by Gasteiger charge is 2.59. The molecule has 0 aliphatic rings. The third-order valence-corrected chi connectivity index (χ3v) is 6.79. The van der Waals surface area contributed by atoms with Crippen LogP contribution in [0.3, 0.4) is 0 Å². The summed E-state index contributed by atoms with van der Waals surface area (Å²) in [6, 6.07) is 11.1. The first-order valence-electron chi connectivity index (χ1n) is 10.9. The lowest BCUT2D eigenvalue weighted by Crippen LogP contribution is -2.46. The first-order valence-corrected chi connectivity index (χ1v) is 11.2. The number of oxazole rings is 1. The van der Waals surface area contributed by atoms with Crippen molar-refractivity contribution in [2.75, 3.05) is 7.11 Å². The molecule has 0 amide bonds. The van der Waals surface area contributed by atoms with Crippen LogP contribution in [0.5, 0.6) is 0 Å². The van der Waals surface area contributed by atoms with Gasteiger partial charge in [0.1, 0.15) is 5.82 Å². The molecular formula is C26H20ClF4NO5. The van der Waals surface area contributed by atoms with Gasteiger partial charge in [-0.15, -0.1) is 0 Å². The number of hydrogen-bond donors (Lipinski definition) is 1. The highest BCUT2D eigenvalue weighted by Crippen LogP contribution is 2.50. The summed E-state index contributed by atoms with van der Waals surface area (Å²) >= 11 is 6.38. The minimum absolute atomic E-state index is 0.0157. The SMILES string of the molecule is COC(=O)c1ccc(-c2ccc(C(C)C(O)(c3ccc4oc(=O)n(C)c4c3)C(F)(F)F)c(Cl)c2)cc1F. The summed E-state index contributed by atoms with van der Waals surface area (Å²) in [5, 5.41) is 11.1. The largest absolute Gasteiger partial charge is 0.465 e. The monoisotopic (exact) mass is 537 g/mol. The highest BCUT2D eigenvalue weighted by molar-refractivity contribution is 6.31. The van der Waals surface area contributed by atoms with Gasteiger partial charge in [-0.2, -0.15) is 13.2 Å². The van der Waals surface area contributed by atoms with E-state index >= 15 is 0 Å². The van der Waals surface area contributed by atoms with Gasteiger partial charge in [0, 0.05) is 18.0 Å². The van der Waals surface area contributed by atoms with Gasteiger partial charge in [0.2, 0.25) is 0 Å². The van der Waals surface area contributed by atoms with E-state index in [1.807, 2.05) is 0 Å². The maximum absolute atomic E-state index is 14.4. The third-order valence-electron chi connectivity index (χ3n) is 6.47. The number of nitrogens with zero attached hydrogens (tertiary/aromatic N) is 1. The number of rotatable bonds is 5. The second-order valence-electron chi connectivity index (χ2n) is 8.52. The van der Waals surface area contributed by atoms with Crippen LogP contribution in [-0.2, 0) is 17.4 Å². The fraction of sp³-hybridized carbons (Fsp3) is 0.231. The topological polar surface area (TPSA) is 81.7 Å². The van der Waals surface area contributed by atoms with Gasteiger partial charge < -0.3 is 14.3 Å². The van der Waals surface area contributed by atoms with Crippen LogP contribution >= 0.6 is 11.6 Å². The summed E-state index contributed by atoms with van der Waals surface area (Å²) in [4.78, 5) is 23.4. The normalized spacial score (nSPS) is 14.4. The number of aliphatic hydroxyl groups is 1. The molecule has 0 radical (unpaired) electrons. The van der Waals surface area contributed by atoms with E-state index in [0.717, 1.165) is 29.9 Å². The van der Waals surface area contributed by atoms with E-state index in [9.17, 15) is 32.3 Å². The molecule has 11 heteroatoms. The van der Waals surface area contributed by atoms with Gasteiger partial charge in [-0.05, 0) is 52.6 Å². The Balaban J connectivity index is 1.77. The molecule has 6 nitrogen and oxygen atoms in total. The molecule has 0 bridgehead atoms. The fourth-order valence-corrected chi connectivity index (χ4v) is 4.62. The number of halogens is 5. The second-order valence-corrected chi connectivity index (χ2v) is 8.93. The Morgan fingerprint density at radius 1 is 1.08 bits per heavy atom. The van der Waals surface area contributed by atoms with Crippen LogP contribution in [0.4, 0.5) is 17.6 Å². The molecule has 1 N–H and O–H groups in total.